The number of nitrogens with two attached hydrogens (primary N) is 1. The fourth-order valence-electron chi connectivity index (χ4n) is 0.667. The molecule has 0 unspecified atom stereocenters. The zero-order valence-corrected chi connectivity index (χ0v) is 6.50. The molecule has 1 aromatic carbocycles. The van der Waals surface area contributed by atoms with Crippen molar-refractivity contribution in [1.82, 2.24) is 0 Å². The highest BCUT2D eigenvalue weighted by molar-refractivity contribution is 5.85. The van der Waals surface area contributed by atoms with Gasteiger partial charge < -0.3 is 5.73 Å². The maximum atomic E-state index is 12.3. The topological polar surface area (TPSA) is 26.0 Å². The van der Waals surface area contributed by atoms with Crippen LogP contribution in [0.2, 0.25) is 0 Å². The van der Waals surface area contributed by atoms with Crippen LogP contribution in [0.3, 0.4) is 0 Å². The van der Waals surface area contributed by atoms with Gasteiger partial charge in [0.2, 0.25) is 0 Å². The van der Waals surface area contributed by atoms with Crippen LogP contribution < -0.4 is 5.73 Å². The summed E-state index contributed by atoms with van der Waals surface area (Å²) in [7, 11) is 0. The Labute approximate surface area is 69.6 Å². The van der Waals surface area contributed by atoms with E-state index in [9.17, 15) is 8.78 Å². The summed E-state index contributed by atoms with van der Waals surface area (Å²) >= 11 is 0. The molecule has 0 heterocycles. The van der Waals surface area contributed by atoms with Gasteiger partial charge in [-0.1, -0.05) is 6.07 Å². The smallest absolute Gasteiger partial charge is 0.159 e. The van der Waals surface area contributed by atoms with Gasteiger partial charge in [0.1, 0.15) is 0 Å². The predicted octanol–water partition coefficient (Wildman–Crippen LogP) is 1.85. The Morgan fingerprint density at radius 1 is 1.18 bits per heavy atom. The summed E-state index contributed by atoms with van der Waals surface area (Å²) < 4.78 is 24.6. The van der Waals surface area contributed by atoms with E-state index in [0.717, 1.165) is 12.1 Å². The van der Waals surface area contributed by atoms with Crippen LogP contribution in [0.5, 0.6) is 0 Å². The molecule has 1 rings (SSSR count). The molecule has 0 saturated heterocycles. The molecule has 0 atom stereocenters. The monoisotopic (exact) mass is 179 g/mol. The normalized spacial score (nSPS) is 9.00. The first-order chi connectivity index (χ1) is 4.74. The van der Waals surface area contributed by atoms with Gasteiger partial charge in [-0.05, 0) is 17.7 Å². The van der Waals surface area contributed by atoms with Gasteiger partial charge in [-0.3, -0.25) is 0 Å². The minimum atomic E-state index is -0.844. The lowest BCUT2D eigenvalue weighted by molar-refractivity contribution is 0.507. The highest BCUT2D eigenvalue weighted by Gasteiger charge is 1.99. The molecule has 0 saturated carbocycles. The van der Waals surface area contributed by atoms with Crippen LogP contribution in [0, 0.1) is 11.6 Å². The number of halogens is 3. The minimum absolute atomic E-state index is 0. The lowest BCUT2D eigenvalue weighted by Crippen LogP contribution is -1.97. The molecule has 0 amide bonds. The largest absolute Gasteiger partial charge is 0.326 e. The molecule has 1 nitrogen and oxygen atoms in total. The molecule has 0 bridgehead atoms. The zero-order chi connectivity index (χ0) is 7.56. The second-order valence-electron chi connectivity index (χ2n) is 1.95. The van der Waals surface area contributed by atoms with Crippen molar-refractivity contribution in [3.05, 3.63) is 35.4 Å². The number of benzene rings is 1. The van der Waals surface area contributed by atoms with Gasteiger partial charge >= 0.3 is 0 Å². The van der Waals surface area contributed by atoms with Gasteiger partial charge in [0, 0.05) is 6.54 Å². The Morgan fingerprint density at radius 3 is 2.27 bits per heavy atom. The summed E-state index contributed by atoms with van der Waals surface area (Å²) in [6, 6.07) is 3.62. The second-order valence-corrected chi connectivity index (χ2v) is 1.95. The third-order valence-electron chi connectivity index (χ3n) is 1.22. The summed E-state index contributed by atoms with van der Waals surface area (Å²) in [5, 5.41) is 0. The van der Waals surface area contributed by atoms with E-state index in [4.69, 9.17) is 5.73 Å². The Hall–Kier alpha value is -0.670. The molecule has 0 aliphatic carbocycles. The molecule has 0 aromatic heterocycles. The Bertz CT molecular complexity index is 240. The van der Waals surface area contributed by atoms with Gasteiger partial charge in [-0.2, -0.15) is 0 Å². The third-order valence-corrected chi connectivity index (χ3v) is 1.22. The van der Waals surface area contributed by atoms with Crippen LogP contribution >= 0.6 is 12.4 Å². The van der Waals surface area contributed by atoms with Crippen LogP contribution in [0.25, 0.3) is 0 Å². The average molecular weight is 180 g/mol. The van der Waals surface area contributed by atoms with Crippen molar-refractivity contribution in [2.24, 2.45) is 5.73 Å². The molecule has 62 valence electrons. The Balaban J connectivity index is 0.000001000. The van der Waals surface area contributed by atoms with E-state index in [0.29, 0.717) is 5.56 Å². The van der Waals surface area contributed by atoms with Crippen LogP contribution in [0.1, 0.15) is 5.56 Å². The van der Waals surface area contributed by atoms with Crippen molar-refractivity contribution in [1.29, 1.82) is 0 Å². The van der Waals surface area contributed by atoms with Crippen LogP contribution in [0.15, 0.2) is 18.2 Å². The van der Waals surface area contributed by atoms with Crippen LogP contribution in [0.4, 0.5) is 8.78 Å². The molecule has 2 N–H and O–H groups in total. The van der Waals surface area contributed by atoms with Crippen LogP contribution in [-0.4, -0.2) is 0 Å². The standard InChI is InChI=1S/C7H7F2N.ClH/c8-6-2-1-5(4-10)3-7(6)9;/h1-3H,4,10H2;1H. The lowest BCUT2D eigenvalue weighted by atomic mass is 10.2. The van der Waals surface area contributed by atoms with Crippen molar-refractivity contribution >= 4 is 12.4 Å². The van der Waals surface area contributed by atoms with E-state index in [-0.39, 0.29) is 19.0 Å². The fourth-order valence-corrected chi connectivity index (χ4v) is 0.667. The van der Waals surface area contributed by atoms with E-state index >= 15 is 0 Å². The molecule has 0 fully saturated rings. The molecule has 0 spiro atoms. The van der Waals surface area contributed by atoms with E-state index < -0.39 is 11.6 Å². The summed E-state index contributed by atoms with van der Waals surface area (Å²) in [5.41, 5.74) is 5.78. The maximum Gasteiger partial charge on any atom is 0.159 e. The first-order valence-electron chi connectivity index (χ1n) is 2.88. The van der Waals surface area contributed by atoms with Crippen molar-refractivity contribution in [3.8, 4) is 0 Å². The SMILES string of the molecule is Cl.NCc1ccc(F)c(F)c1. The van der Waals surface area contributed by atoms with Crippen molar-refractivity contribution in [3.63, 3.8) is 0 Å². The average Bonchev–Trinajstić information content (AvgIpc) is 1.95. The van der Waals surface area contributed by atoms with Gasteiger partial charge in [-0.15, -0.1) is 12.4 Å². The maximum absolute atomic E-state index is 12.3. The van der Waals surface area contributed by atoms with Gasteiger partial charge in [0.05, 0.1) is 0 Å². The molecule has 1 aromatic rings. The Kier molecular flexibility index (Phi) is 4.00. The zero-order valence-electron chi connectivity index (χ0n) is 5.68. The predicted molar refractivity (Wildman–Crippen MR) is 41.5 cm³/mol. The molecule has 0 aliphatic rings. The Morgan fingerprint density at radius 2 is 1.82 bits per heavy atom. The highest BCUT2D eigenvalue weighted by atomic mass is 35.5. The minimum Gasteiger partial charge on any atom is -0.326 e. The number of hydrogen-bond acceptors (Lipinski definition) is 1. The number of hydrogen-bond donors (Lipinski definition) is 1. The van der Waals surface area contributed by atoms with Crippen molar-refractivity contribution < 1.29 is 8.78 Å². The van der Waals surface area contributed by atoms with Crippen molar-refractivity contribution in [2.45, 2.75) is 6.54 Å². The summed E-state index contributed by atoms with van der Waals surface area (Å²) in [6.07, 6.45) is 0. The van der Waals surface area contributed by atoms with Gasteiger partial charge in [0.25, 0.3) is 0 Å². The van der Waals surface area contributed by atoms with E-state index in [1.807, 2.05) is 0 Å². The van der Waals surface area contributed by atoms with E-state index in [1.165, 1.54) is 6.07 Å². The van der Waals surface area contributed by atoms with E-state index in [1.54, 1.807) is 0 Å². The van der Waals surface area contributed by atoms with Crippen LogP contribution in [-0.2, 0) is 6.54 Å². The first kappa shape index (κ1) is 10.3. The second kappa shape index (κ2) is 4.26. The molecular weight excluding hydrogens is 172 g/mol. The van der Waals surface area contributed by atoms with Gasteiger partial charge in [0.15, 0.2) is 11.6 Å². The van der Waals surface area contributed by atoms with Crippen molar-refractivity contribution in [2.75, 3.05) is 0 Å². The summed E-state index contributed by atoms with van der Waals surface area (Å²) in [4.78, 5) is 0. The van der Waals surface area contributed by atoms with Gasteiger partial charge in [-0.25, -0.2) is 8.78 Å². The lowest BCUT2D eigenvalue weighted by Gasteiger charge is -1.95. The first-order valence-corrected chi connectivity index (χ1v) is 2.88. The molecule has 0 radical (unpaired) electrons. The quantitative estimate of drug-likeness (QED) is 0.700. The number of rotatable bonds is 1. The molecule has 4 heteroatoms. The molecule has 11 heavy (non-hydrogen) atoms. The highest BCUT2D eigenvalue weighted by Crippen LogP contribution is 2.07. The summed E-state index contributed by atoms with van der Waals surface area (Å²) in [6.45, 7) is 0.233. The fraction of sp³-hybridized carbons (Fsp3) is 0.143. The third kappa shape index (κ3) is 2.44. The summed E-state index contributed by atoms with van der Waals surface area (Å²) in [5.74, 6) is -1.68. The molecular formula is C7H8ClF2N. The molecule has 0 aliphatic heterocycles. The van der Waals surface area contributed by atoms with E-state index in [2.05, 4.69) is 0 Å².